The SMILES string of the molecule is CC(C)C[C@H](NC(=O)[C@H](CCCCN)NC(=O)[C@H](CCCN=C(N)N)NC(=O)[C@H](C)NC(=O)[C@H](CO)NC(=O)[C@H](CCCCN)NC(=O)[C@H](CCCN=C(N)N)NC(=O)[C@H](C)NC(=O)CNC(=O)[C@@H](NC(=O)[C@H](Cc1ccccc1)NC(=O)CNC(=O)CN)[C@@H](C)O)C(=O)N[C@@H](C)C(=O)N[C@@H](CC(N)=O)C(=O)N[C@@H](CCC(N)=O)C(=O)O. The fraction of sp³-hybridized carbons (Fsp3) is 0.629. The number of carboxylic acid groups (broad SMARTS) is 1. The van der Waals surface area contributed by atoms with Crippen LogP contribution in [0.2, 0.25) is 0 Å². The van der Waals surface area contributed by atoms with Gasteiger partial charge in [0.15, 0.2) is 11.9 Å². The number of amides is 17. The number of aliphatic imine (C=N–C) groups is 2. The molecule has 0 aliphatic heterocycles. The topological polar surface area (TPSA) is 807 Å². The Morgan fingerprint density at radius 3 is 1.19 bits per heavy atom. The maximum atomic E-state index is 14.4. The highest BCUT2D eigenvalue weighted by Crippen LogP contribution is 2.13. The van der Waals surface area contributed by atoms with Gasteiger partial charge in [-0.1, -0.05) is 44.2 Å². The van der Waals surface area contributed by atoms with Crippen molar-refractivity contribution in [3.63, 3.8) is 0 Å². The van der Waals surface area contributed by atoms with E-state index in [0.29, 0.717) is 18.4 Å². The average molecular weight is 1660 g/mol. The van der Waals surface area contributed by atoms with Gasteiger partial charge in [-0.25, -0.2) is 4.79 Å². The number of aliphatic hydroxyl groups excluding tert-OH is 2. The highest BCUT2D eigenvalue weighted by atomic mass is 16.4. The number of guanidine groups is 2. The zero-order chi connectivity index (χ0) is 88.6. The number of nitrogens with zero attached hydrogens (tertiary/aromatic N) is 2. The first-order valence-electron chi connectivity index (χ1n) is 37.9. The summed E-state index contributed by atoms with van der Waals surface area (Å²) in [6.07, 6.45) is -2.98. The second-order valence-corrected chi connectivity index (χ2v) is 27.8. The van der Waals surface area contributed by atoms with Crippen LogP contribution in [0.1, 0.15) is 137 Å². The number of primary amides is 2. The average Bonchev–Trinajstić information content (AvgIpc) is 0.866. The molecule has 0 saturated heterocycles. The van der Waals surface area contributed by atoms with Crippen molar-refractivity contribution in [1.29, 1.82) is 0 Å². The Labute approximate surface area is 675 Å². The van der Waals surface area contributed by atoms with Gasteiger partial charge in [0.05, 0.1) is 38.8 Å². The molecular weight excluding hydrogens is 1540 g/mol. The van der Waals surface area contributed by atoms with Gasteiger partial charge in [-0.2, -0.15) is 0 Å². The van der Waals surface area contributed by atoms with Crippen molar-refractivity contribution < 1.29 is 102 Å². The van der Waals surface area contributed by atoms with Crippen LogP contribution < -0.4 is 131 Å². The fourth-order valence-corrected chi connectivity index (χ4v) is 10.8. The second kappa shape index (κ2) is 55.5. The van der Waals surface area contributed by atoms with Gasteiger partial charge in [0, 0.05) is 25.9 Å². The summed E-state index contributed by atoms with van der Waals surface area (Å²) in [7, 11) is 0. The van der Waals surface area contributed by atoms with E-state index in [1.54, 1.807) is 44.2 Å². The zero-order valence-corrected chi connectivity index (χ0v) is 66.6. The normalized spacial score (nSPS) is 14.5. The molecule has 1 rings (SSSR count). The number of aliphatic hydroxyl groups is 2. The van der Waals surface area contributed by atoms with Crippen LogP contribution in [-0.4, -0.2) is 271 Å². The van der Waals surface area contributed by atoms with Gasteiger partial charge in [0.25, 0.3) is 0 Å². The molecular formula is C70H120N26O21. The van der Waals surface area contributed by atoms with Gasteiger partial charge in [-0.3, -0.25) is 91.5 Å². The third-order valence-corrected chi connectivity index (χ3v) is 17.1. The van der Waals surface area contributed by atoms with E-state index in [1.807, 2.05) is 0 Å². The lowest BCUT2D eigenvalue weighted by Gasteiger charge is -2.28. The number of carbonyl (C=O) groups excluding carboxylic acids is 17. The number of carbonyl (C=O) groups is 18. The summed E-state index contributed by atoms with van der Waals surface area (Å²) in [6.45, 7) is 5.41. The van der Waals surface area contributed by atoms with E-state index in [2.05, 4.69) is 89.7 Å². The van der Waals surface area contributed by atoms with Gasteiger partial charge >= 0.3 is 5.97 Å². The Morgan fingerprint density at radius 1 is 0.385 bits per heavy atom. The Morgan fingerprint density at radius 2 is 0.769 bits per heavy atom. The Kier molecular flexibility index (Phi) is 48.9. The van der Waals surface area contributed by atoms with E-state index < -0.39 is 237 Å². The third-order valence-electron chi connectivity index (χ3n) is 17.1. The van der Waals surface area contributed by atoms with Crippen molar-refractivity contribution in [3.8, 4) is 0 Å². The van der Waals surface area contributed by atoms with Crippen LogP contribution in [0.15, 0.2) is 40.3 Å². The molecule has 17 amide bonds. The van der Waals surface area contributed by atoms with Gasteiger partial charge < -0.3 is 147 Å². The molecule has 47 heteroatoms. The lowest BCUT2D eigenvalue weighted by molar-refractivity contribution is -0.143. The summed E-state index contributed by atoms with van der Waals surface area (Å²) in [6, 6.07) is -11.9. The maximum absolute atomic E-state index is 14.4. The van der Waals surface area contributed by atoms with E-state index in [4.69, 9.17) is 51.6 Å². The van der Waals surface area contributed by atoms with Crippen molar-refractivity contribution in [2.45, 2.75) is 223 Å². The number of aliphatic carboxylic acids is 1. The molecule has 47 nitrogen and oxygen atoms in total. The monoisotopic (exact) mass is 1660 g/mol. The number of nitrogens with two attached hydrogens (primary N) is 9. The maximum Gasteiger partial charge on any atom is 0.326 e. The van der Waals surface area contributed by atoms with Gasteiger partial charge in [-0.05, 0) is 129 Å². The molecule has 0 aromatic heterocycles. The van der Waals surface area contributed by atoms with Gasteiger partial charge in [0.1, 0.15) is 78.5 Å². The first-order valence-corrected chi connectivity index (χ1v) is 37.9. The molecule has 117 heavy (non-hydrogen) atoms. The molecule has 0 unspecified atom stereocenters. The van der Waals surface area contributed by atoms with E-state index in [1.165, 1.54) is 20.8 Å². The summed E-state index contributed by atoms with van der Waals surface area (Å²) < 4.78 is 0. The van der Waals surface area contributed by atoms with Crippen LogP contribution >= 0.6 is 0 Å². The molecule has 0 aliphatic rings. The van der Waals surface area contributed by atoms with Crippen LogP contribution in [0.4, 0.5) is 0 Å². The van der Waals surface area contributed by atoms with Crippen molar-refractivity contribution in [2.75, 3.05) is 52.4 Å². The molecule has 0 aliphatic carbocycles. The molecule has 0 spiro atoms. The molecule has 36 N–H and O–H groups in total. The van der Waals surface area contributed by atoms with Crippen molar-refractivity contribution >= 4 is 118 Å². The Balaban J connectivity index is 3.44. The van der Waals surface area contributed by atoms with Crippen LogP contribution in [-0.2, 0) is 92.7 Å². The quantitative estimate of drug-likeness (QED) is 0.0164. The predicted octanol–water partition coefficient (Wildman–Crippen LogP) is -12.2. The minimum Gasteiger partial charge on any atom is -0.480 e. The van der Waals surface area contributed by atoms with Crippen LogP contribution in [0.25, 0.3) is 0 Å². The van der Waals surface area contributed by atoms with Gasteiger partial charge in [-0.15, -0.1) is 0 Å². The molecule has 0 heterocycles. The minimum absolute atomic E-state index is 0.0239. The molecule has 656 valence electrons. The van der Waals surface area contributed by atoms with Crippen LogP contribution in [0.3, 0.4) is 0 Å². The standard InChI is InChI=1S/C70H120N26O21/c1-35(2)28-46(63(111)85-38(5)58(106)93-48(30-51(75)100)64(112)92-45(68(116)117)22-23-50(74)99)94-61(109)41(18-10-12-24-71)90-60(108)44(21-15-27-81-70(78)79)89-57(105)37(4)86-66(114)49(34-97)95-62(110)42(19-11-13-25-72)91-59(107)43(20-14-26-80-69(76)77)88-56(104)36(3)84-53(102)33-83-67(115)55(39(6)98)96-65(113)47(29-40-16-8-7-9-17-40)87-54(103)32-82-52(101)31-73/h7-9,16-17,35-39,41-49,55,97-98H,10-15,18-34,71-73H2,1-6H3,(H2,74,99)(H2,75,100)(H,82,101)(H,83,115)(H,84,102)(H,85,111)(H,86,114)(H,87,103)(H,88,104)(H,89,105)(H,90,108)(H,91,107)(H,92,112)(H,93,106)(H,94,109)(H,95,110)(H,96,113)(H,116,117)(H4,76,77,80)(H4,78,79,81)/t36-,37-,38-,39+,41-,42-,43-,44-,45-,46-,47-,48-,49-,55-/m0/s1. The number of hydrogen-bond donors (Lipinski definition) is 27. The van der Waals surface area contributed by atoms with Gasteiger partial charge in [0.2, 0.25) is 100 Å². The van der Waals surface area contributed by atoms with Crippen molar-refractivity contribution in [3.05, 3.63) is 35.9 Å². The van der Waals surface area contributed by atoms with Crippen molar-refractivity contribution in [2.24, 2.45) is 67.5 Å². The van der Waals surface area contributed by atoms with E-state index in [-0.39, 0.29) is 108 Å². The Bertz CT molecular complexity index is 3570. The predicted molar refractivity (Wildman–Crippen MR) is 421 cm³/mol. The molecule has 1 aromatic rings. The molecule has 0 bridgehead atoms. The van der Waals surface area contributed by atoms with Crippen molar-refractivity contribution in [1.82, 2.24) is 79.8 Å². The summed E-state index contributed by atoms with van der Waals surface area (Å²) >= 11 is 0. The molecule has 14 atom stereocenters. The summed E-state index contributed by atoms with van der Waals surface area (Å²) in [5, 5.41) is 66.6. The first kappa shape index (κ1) is 103. The van der Waals surface area contributed by atoms with Crippen LogP contribution in [0, 0.1) is 5.92 Å². The first-order chi connectivity index (χ1) is 55.1. The smallest absolute Gasteiger partial charge is 0.326 e. The number of benzene rings is 1. The second-order valence-electron chi connectivity index (χ2n) is 27.8. The van der Waals surface area contributed by atoms with Crippen LogP contribution in [0.5, 0.6) is 0 Å². The minimum atomic E-state index is -1.83. The number of hydrogen-bond acceptors (Lipinski definition) is 25. The largest absolute Gasteiger partial charge is 0.480 e. The molecule has 1 aromatic carbocycles. The summed E-state index contributed by atoms with van der Waals surface area (Å²) in [5.74, 6) is -19.2. The number of rotatable bonds is 58. The zero-order valence-electron chi connectivity index (χ0n) is 66.6. The lowest BCUT2D eigenvalue weighted by Crippen LogP contribution is -2.60. The Hall–Kier alpha value is -12.0. The van der Waals surface area contributed by atoms with E-state index in [0.717, 1.165) is 6.92 Å². The fourth-order valence-electron chi connectivity index (χ4n) is 10.8. The summed E-state index contributed by atoms with van der Waals surface area (Å²) in [5.41, 5.74) is 49.9. The number of nitrogens with one attached hydrogen (secondary N) is 15. The molecule has 0 saturated carbocycles. The number of unbranched alkanes of at least 4 members (excludes halogenated alkanes) is 2. The lowest BCUT2D eigenvalue weighted by atomic mass is 10.0. The van der Waals surface area contributed by atoms with E-state index >= 15 is 0 Å². The third kappa shape index (κ3) is 42.8. The molecule has 0 radical (unpaired) electrons. The highest BCUT2D eigenvalue weighted by molar-refractivity contribution is 6.01. The molecule has 0 fully saturated rings. The number of carboxylic acids is 1. The summed E-state index contributed by atoms with van der Waals surface area (Å²) in [4.78, 5) is 247. The highest BCUT2D eigenvalue weighted by Gasteiger charge is 2.37. The van der Waals surface area contributed by atoms with E-state index in [9.17, 15) is 102 Å².